The van der Waals surface area contributed by atoms with Gasteiger partial charge in [0.25, 0.3) is 0 Å². The van der Waals surface area contributed by atoms with E-state index >= 15 is 0 Å². The average molecular weight is 218 g/mol. The van der Waals surface area contributed by atoms with Gasteiger partial charge < -0.3 is 4.74 Å². The zero-order chi connectivity index (χ0) is 12.0. The summed E-state index contributed by atoms with van der Waals surface area (Å²) in [7, 11) is 0. The fourth-order valence-corrected chi connectivity index (χ4v) is 1.44. The van der Waals surface area contributed by atoms with Crippen molar-refractivity contribution in [2.24, 2.45) is 0 Å². The van der Waals surface area contributed by atoms with Gasteiger partial charge in [-0.1, -0.05) is 19.1 Å². The van der Waals surface area contributed by atoms with Crippen LogP contribution < -0.4 is 10.1 Å². The Morgan fingerprint density at radius 1 is 1.44 bits per heavy atom. The molecule has 0 aliphatic heterocycles. The Hall–Kier alpha value is -1.53. The zero-order valence-corrected chi connectivity index (χ0v) is 10.1. The Morgan fingerprint density at radius 2 is 2.19 bits per heavy atom. The second-order valence-electron chi connectivity index (χ2n) is 3.75. The smallest absolute Gasteiger partial charge is 0.130 e. The van der Waals surface area contributed by atoms with Gasteiger partial charge in [-0.15, -0.1) is 0 Å². The number of nitrogens with one attached hydrogen (secondary N) is 1. The van der Waals surface area contributed by atoms with Crippen molar-refractivity contribution in [1.82, 2.24) is 5.32 Å². The number of nitriles is 1. The highest BCUT2D eigenvalue weighted by Gasteiger charge is 2.07. The third-order valence-electron chi connectivity index (χ3n) is 2.57. The van der Waals surface area contributed by atoms with Gasteiger partial charge >= 0.3 is 0 Å². The van der Waals surface area contributed by atoms with Crippen LogP contribution in [0.25, 0.3) is 0 Å². The first-order valence-corrected chi connectivity index (χ1v) is 5.51. The molecule has 3 nitrogen and oxygen atoms in total. The summed E-state index contributed by atoms with van der Waals surface area (Å²) >= 11 is 0. The molecular formula is C13H18N2O. The topological polar surface area (TPSA) is 45.0 Å². The van der Waals surface area contributed by atoms with Crippen molar-refractivity contribution < 1.29 is 4.74 Å². The minimum Gasteiger partial charge on any atom is -0.491 e. The number of benzene rings is 1. The minimum absolute atomic E-state index is 0.245. The van der Waals surface area contributed by atoms with Crippen molar-refractivity contribution in [2.45, 2.75) is 26.8 Å². The van der Waals surface area contributed by atoms with E-state index in [9.17, 15) is 0 Å². The van der Waals surface area contributed by atoms with Crippen molar-refractivity contribution in [1.29, 1.82) is 5.26 Å². The van der Waals surface area contributed by atoms with E-state index in [0.29, 0.717) is 6.61 Å². The molecule has 1 N–H and O–H groups in total. The first kappa shape index (κ1) is 12.5. The first-order chi connectivity index (χ1) is 7.69. The molecule has 0 aliphatic carbocycles. The lowest BCUT2D eigenvalue weighted by molar-refractivity contribution is 0.289. The zero-order valence-electron chi connectivity index (χ0n) is 10.1. The number of rotatable bonds is 5. The molecule has 0 fully saturated rings. The summed E-state index contributed by atoms with van der Waals surface area (Å²) in [6.45, 7) is 7.21. The molecule has 0 saturated heterocycles. The fourth-order valence-electron chi connectivity index (χ4n) is 1.44. The van der Waals surface area contributed by atoms with Crippen LogP contribution in [-0.2, 0) is 0 Å². The van der Waals surface area contributed by atoms with Gasteiger partial charge in [0, 0.05) is 0 Å². The molecule has 1 aromatic carbocycles. The fraction of sp³-hybridized carbons (Fsp3) is 0.462. The van der Waals surface area contributed by atoms with Gasteiger partial charge in [-0.25, -0.2) is 0 Å². The molecule has 1 atom stereocenters. The number of hydrogen-bond donors (Lipinski definition) is 1. The molecule has 3 heteroatoms. The Labute approximate surface area is 97.0 Å². The van der Waals surface area contributed by atoms with Gasteiger partial charge in [-0.05, 0) is 37.6 Å². The molecule has 0 aliphatic rings. The predicted octanol–water partition coefficient (Wildman–Crippen LogP) is 2.18. The summed E-state index contributed by atoms with van der Waals surface area (Å²) in [5, 5.41) is 11.9. The monoisotopic (exact) mass is 218 g/mol. The van der Waals surface area contributed by atoms with Gasteiger partial charge in [-0.2, -0.15) is 5.26 Å². The maximum Gasteiger partial charge on any atom is 0.130 e. The number of hydrogen-bond acceptors (Lipinski definition) is 3. The maximum atomic E-state index is 8.87. The third-order valence-corrected chi connectivity index (χ3v) is 2.57. The SMILES string of the molecule is CCNC(C#N)COc1cccc(C)c1C. The van der Waals surface area contributed by atoms with Gasteiger partial charge in [-0.3, -0.25) is 5.32 Å². The van der Waals surface area contributed by atoms with Crippen LogP contribution in [0.15, 0.2) is 18.2 Å². The molecule has 0 amide bonds. The Kier molecular flexibility index (Phi) is 4.81. The highest BCUT2D eigenvalue weighted by Crippen LogP contribution is 2.20. The van der Waals surface area contributed by atoms with Gasteiger partial charge in [0.2, 0.25) is 0 Å². The molecule has 0 saturated carbocycles. The minimum atomic E-state index is -0.245. The molecule has 0 radical (unpaired) electrons. The lowest BCUT2D eigenvalue weighted by atomic mass is 10.1. The molecule has 1 aromatic rings. The molecule has 0 aromatic heterocycles. The van der Waals surface area contributed by atoms with Crippen LogP contribution in [0.1, 0.15) is 18.1 Å². The van der Waals surface area contributed by atoms with Crippen molar-refractivity contribution in [3.05, 3.63) is 29.3 Å². The van der Waals surface area contributed by atoms with E-state index < -0.39 is 0 Å². The average Bonchev–Trinajstić information content (AvgIpc) is 2.29. The largest absolute Gasteiger partial charge is 0.491 e. The lowest BCUT2D eigenvalue weighted by Crippen LogP contribution is -2.33. The van der Waals surface area contributed by atoms with E-state index in [-0.39, 0.29) is 6.04 Å². The molecule has 1 unspecified atom stereocenters. The summed E-state index contributed by atoms with van der Waals surface area (Å²) in [6.07, 6.45) is 0. The summed E-state index contributed by atoms with van der Waals surface area (Å²) in [4.78, 5) is 0. The molecule has 0 bridgehead atoms. The van der Waals surface area contributed by atoms with Crippen LogP contribution in [0.5, 0.6) is 5.75 Å². The predicted molar refractivity (Wildman–Crippen MR) is 64.5 cm³/mol. The first-order valence-electron chi connectivity index (χ1n) is 5.51. The highest BCUT2D eigenvalue weighted by atomic mass is 16.5. The van der Waals surface area contributed by atoms with Gasteiger partial charge in [0.15, 0.2) is 0 Å². The quantitative estimate of drug-likeness (QED) is 0.824. The van der Waals surface area contributed by atoms with E-state index in [1.54, 1.807) is 0 Å². The van der Waals surface area contributed by atoms with Crippen LogP contribution in [0.2, 0.25) is 0 Å². The molecule has 86 valence electrons. The maximum absolute atomic E-state index is 8.87. The molecule has 16 heavy (non-hydrogen) atoms. The number of nitrogens with zero attached hydrogens (tertiary/aromatic N) is 1. The summed E-state index contributed by atoms with van der Waals surface area (Å²) in [5.41, 5.74) is 2.34. The molecule has 0 spiro atoms. The number of aryl methyl sites for hydroxylation is 1. The van der Waals surface area contributed by atoms with Crippen molar-refractivity contribution in [2.75, 3.05) is 13.2 Å². The standard InChI is InChI=1S/C13H18N2O/c1-4-15-12(8-14)9-16-13-7-5-6-10(2)11(13)3/h5-7,12,15H,4,9H2,1-3H3. The van der Waals surface area contributed by atoms with Crippen molar-refractivity contribution >= 4 is 0 Å². The van der Waals surface area contributed by atoms with E-state index in [4.69, 9.17) is 10.00 Å². The van der Waals surface area contributed by atoms with E-state index in [1.807, 2.05) is 39.0 Å². The van der Waals surface area contributed by atoms with Crippen LogP contribution in [-0.4, -0.2) is 19.2 Å². The van der Waals surface area contributed by atoms with Gasteiger partial charge in [0.05, 0.1) is 6.07 Å². The Morgan fingerprint density at radius 3 is 2.81 bits per heavy atom. The van der Waals surface area contributed by atoms with E-state index in [0.717, 1.165) is 17.9 Å². The highest BCUT2D eigenvalue weighted by molar-refractivity contribution is 5.38. The lowest BCUT2D eigenvalue weighted by Gasteiger charge is -2.14. The molecule has 0 heterocycles. The third kappa shape index (κ3) is 3.25. The van der Waals surface area contributed by atoms with Crippen LogP contribution in [0, 0.1) is 25.2 Å². The van der Waals surface area contributed by atoms with E-state index in [2.05, 4.69) is 11.4 Å². The number of likely N-dealkylation sites (N-methyl/N-ethyl adjacent to an activating group) is 1. The Bertz CT molecular complexity index is 382. The Balaban J connectivity index is 2.61. The van der Waals surface area contributed by atoms with Crippen molar-refractivity contribution in [3.63, 3.8) is 0 Å². The van der Waals surface area contributed by atoms with Gasteiger partial charge in [0.1, 0.15) is 18.4 Å². The second-order valence-corrected chi connectivity index (χ2v) is 3.75. The normalized spacial score (nSPS) is 11.9. The summed E-state index contributed by atoms with van der Waals surface area (Å²) < 4.78 is 5.64. The second kappa shape index (κ2) is 6.14. The van der Waals surface area contributed by atoms with E-state index in [1.165, 1.54) is 5.56 Å². The van der Waals surface area contributed by atoms with Crippen molar-refractivity contribution in [3.8, 4) is 11.8 Å². The molecular weight excluding hydrogens is 200 g/mol. The van der Waals surface area contributed by atoms with Crippen LogP contribution >= 0.6 is 0 Å². The molecule has 1 rings (SSSR count). The summed E-state index contributed by atoms with van der Waals surface area (Å²) in [6, 6.07) is 7.87. The number of ether oxygens (including phenoxy) is 1. The van der Waals surface area contributed by atoms with Crippen LogP contribution in [0.3, 0.4) is 0 Å². The summed E-state index contributed by atoms with van der Waals surface area (Å²) in [5.74, 6) is 0.859. The van der Waals surface area contributed by atoms with Crippen LogP contribution in [0.4, 0.5) is 0 Å².